The quantitative estimate of drug-likeness (QED) is 0.596. The molecule has 0 spiro atoms. The van der Waals surface area contributed by atoms with Gasteiger partial charge in [-0.2, -0.15) is 5.10 Å². The summed E-state index contributed by atoms with van der Waals surface area (Å²) in [5, 5.41) is 9.18. The van der Waals surface area contributed by atoms with E-state index in [-0.39, 0.29) is 0 Å². The molecule has 25 heavy (non-hydrogen) atoms. The summed E-state index contributed by atoms with van der Waals surface area (Å²) in [7, 11) is 1.64. The number of fused-ring (bicyclic) bond motifs is 1. The molecule has 0 saturated carbocycles. The first-order valence-electron chi connectivity index (χ1n) is 7.60. The van der Waals surface area contributed by atoms with Crippen LogP contribution in [0.1, 0.15) is 0 Å². The van der Waals surface area contributed by atoms with E-state index in [9.17, 15) is 0 Å². The lowest BCUT2D eigenvalue weighted by Gasteiger charge is -2.07. The van der Waals surface area contributed by atoms with Crippen LogP contribution in [0.5, 0.6) is 5.75 Å². The van der Waals surface area contributed by atoms with Gasteiger partial charge in [-0.25, -0.2) is 14.6 Å². The van der Waals surface area contributed by atoms with Gasteiger partial charge in [0.2, 0.25) is 0 Å². The molecule has 0 amide bonds. The van der Waals surface area contributed by atoms with E-state index < -0.39 is 0 Å². The Kier molecular flexibility index (Phi) is 3.95. The Morgan fingerprint density at radius 3 is 2.68 bits per heavy atom. The van der Waals surface area contributed by atoms with E-state index >= 15 is 0 Å². The number of nitrogens with one attached hydrogen (secondary N) is 1. The molecule has 7 heteroatoms. The van der Waals surface area contributed by atoms with Crippen LogP contribution in [0.15, 0.2) is 61.1 Å². The van der Waals surface area contributed by atoms with Crippen molar-refractivity contribution < 1.29 is 4.74 Å². The fourth-order valence-electron chi connectivity index (χ4n) is 2.56. The molecule has 0 aliphatic heterocycles. The topological polar surface area (TPSA) is 64.9 Å². The Morgan fingerprint density at radius 1 is 1.08 bits per heavy atom. The number of hydrogen-bond acceptors (Lipinski definition) is 5. The van der Waals surface area contributed by atoms with Crippen LogP contribution >= 0.6 is 11.6 Å². The summed E-state index contributed by atoms with van der Waals surface area (Å²) in [5.74, 6) is 1.46. The molecule has 0 aliphatic carbocycles. The molecule has 0 atom stereocenters. The van der Waals surface area contributed by atoms with E-state index in [1.165, 1.54) is 6.33 Å². The normalized spacial score (nSPS) is 10.8. The van der Waals surface area contributed by atoms with Crippen LogP contribution in [0.2, 0.25) is 5.02 Å². The van der Waals surface area contributed by atoms with Crippen LogP contribution in [0.3, 0.4) is 0 Å². The van der Waals surface area contributed by atoms with E-state index in [1.807, 2.05) is 48.5 Å². The molecular formula is C18H14ClN5O. The van der Waals surface area contributed by atoms with Crippen LogP contribution in [0.4, 0.5) is 11.5 Å². The van der Waals surface area contributed by atoms with Crippen molar-refractivity contribution in [1.82, 2.24) is 19.7 Å². The molecule has 6 nitrogen and oxygen atoms in total. The minimum atomic E-state index is 0.657. The number of rotatable bonds is 4. The predicted octanol–water partition coefficient (Wildman–Crippen LogP) is 4.22. The highest BCUT2D eigenvalue weighted by molar-refractivity contribution is 6.30. The molecule has 124 valence electrons. The van der Waals surface area contributed by atoms with Gasteiger partial charge in [-0.05, 0) is 42.5 Å². The number of halogens is 1. The van der Waals surface area contributed by atoms with Crippen molar-refractivity contribution in [1.29, 1.82) is 0 Å². The molecule has 4 aromatic rings. The van der Waals surface area contributed by atoms with Crippen molar-refractivity contribution in [2.24, 2.45) is 0 Å². The lowest BCUT2D eigenvalue weighted by Crippen LogP contribution is -1.99. The van der Waals surface area contributed by atoms with Crippen LogP contribution in [-0.2, 0) is 0 Å². The van der Waals surface area contributed by atoms with Crippen molar-refractivity contribution in [2.45, 2.75) is 0 Å². The Morgan fingerprint density at radius 2 is 1.92 bits per heavy atom. The summed E-state index contributed by atoms with van der Waals surface area (Å²) in [5.41, 5.74) is 2.46. The molecular weight excluding hydrogens is 338 g/mol. The first kappa shape index (κ1) is 15.4. The second-order valence-corrected chi connectivity index (χ2v) is 5.79. The first-order chi connectivity index (χ1) is 12.2. The molecule has 0 fully saturated rings. The van der Waals surface area contributed by atoms with E-state index in [0.717, 1.165) is 22.5 Å². The second kappa shape index (κ2) is 6.41. The molecule has 2 heterocycles. The highest BCUT2D eigenvalue weighted by Gasteiger charge is 2.11. The molecule has 0 bridgehead atoms. The largest absolute Gasteiger partial charge is 0.497 e. The van der Waals surface area contributed by atoms with E-state index in [4.69, 9.17) is 16.3 Å². The van der Waals surface area contributed by atoms with Crippen LogP contribution in [0.25, 0.3) is 16.7 Å². The highest BCUT2D eigenvalue weighted by Crippen LogP contribution is 2.26. The summed E-state index contributed by atoms with van der Waals surface area (Å²) in [6, 6.07) is 15.1. The van der Waals surface area contributed by atoms with Crippen molar-refractivity contribution in [2.75, 3.05) is 12.4 Å². The number of ether oxygens (including phenoxy) is 1. The number of benzene rings is 2. The summed E-state index contributed by atoms with van der Waals surface area (Å²) >= 11 is 6.04. The summed E-state index contributed by atoms with van der Waals surface area (Å²) < 4.78 is 6.96. The smallest absolute Gasteiger partial charge is 0.168 e. The first-order valence-corrected chi connectivity index (χ1v) is 7.98. The van der Waals surface area contributed by atoms with Gasteiger partial charge in [0, 0.05) is 10.7 Å². The maximum atomic E-state index is 6.04. The second-order valence-electron chi connectivity index (χ2n) is 5.35. The number of nitrogens with zero attached hydrogens (tertiary/aromatic N) is 4. The summed E-state index contributed by atoms with van der Waals surface area (Å²) in [6.07, 6.45) is 3.25. The van der Waals surface area contributed by atoms with Crippen molar-refractivity contribution in [3.63, 3.8) is 0 Å². The maximum Gasteiger partial charge on any atom is 0.168 e. The average molecular weight is 352 g/mol. The zero-order valence-corrected chi connectivity index (χ0v) is 14.1. The monoisotopic (exact) mass is 351 g/mol. The third-order valence-electron chi connectivity index (χ3n) is 3.77. The van der Waals surface area contributed by atoms with Gasteiger partial charge in [0.15, 0.2) is 5.65 Å². The van der Waals surface area contributed by atoms with Crippen molar-refractivity contribution >= 4 is 34.1 Å². The SMILES string of the molecule is COc1ccc(-n2ncc3c(Nc4cccc(Cl)c4)ncnc32)cc1. The lowest BCUT2D eigenvalue weighted by molar-refractivity contribution is 0.414. The number of aromatic nitrogens is 4. The molecule has 2 aromatic carbocycles. The highest BCUT2D eigenvalue weighted by atomic mass is 35.5. The zero-order chi connectivity index (χ0) is 17.2. The van der Waals surface area contributed by atoms with Gasteiger partial charge in [0.05, 0.1) is 24.4 Å². The molecule has 1 N–H and O–H groups in total. The predicted molar refractivity (Wildman–Crippen MR) is 97.9 cm³/mol. The van der Waals surface area contributed by atoms with E-state index in [0.29, 0.717) is 16.5 Å². The number of anilines is 2. The molecule has 2 aromatic heterocycles. The van der Waals surface area contributed by atoms with Gasteiger partial charge in [-0.3, -0.25) is 0 Å². The Balaban J connectivity index is 1.74. The molecule has 4 rings (SSSR count). The molecule has 0 saturated heterocycles. The minimum Gasteiger partial charge on any atom is -0.497 e. The average Bonchev–Trinajstić information content (AvgIpc) is 3.07. The zero-order valence-electron chi connectivity index (χ0n) is 13.3. The van der Waals surface area contributed by atoms with Crippen LogP contribution in [-0.4, -0.2) is 26.9 Å². The van der Waals surface area contributed by atoms with Gasteiger partial charge in [0.25, 0.3) is 0 Å². The van der Waals surface area contributed by atoms with E-state index in [1.54, 1.807) is 18.0 Å². The van der Waals surface area contributed by atoms with Gasteiger partial charge in [0.1, 0.15) is 17.9 Å². The Labute approximate surface area is 149 Å². The number of methoxy groups -OCH3 is 1. The van der Waals surface area contributed by atoms with Gasteiger partial charge >= 0.3 is 0 Å². The summed E-state index contributed by atoms with van der Waals surface area (Å²) in [6.45, 7) is 0. The molecule has 0 unspecified atom stereocenters. The molecule has 0 radical (unpaired) electrons. The fourth-order valence-corrected chi connectivity index (χ4v) is 2.75. The lowest BCUT2D eigenvalue weighted by atomic mass is 10.3. The Hall–Kier alpha value is -3.12. The van der Waals surface area contributed by atoms with Gasteiger partial charge < -0.3 is 10.1 Å². The van der Waals surface area contributed by atoms with Gasteiger partial charge in [-0.15, -0.1) is 0 Å². The fraction of sp³-hybridized carbons (Fsp3) is 0.0556. The van der Waals surface area contributed by atoms with Crippen molar-refractivity contribution in [3.05, 3.63) is 66.1 Å². The van der Waals surface area contributed by atoms with Crippen molar-refractivity contribution in [3.8, 4) is 11.4 Å². The summed E-state index contributed by atoms with van der Waals surface area (Å²) in [4.78, 5) is 8.70. The standard InChI is InChI=1S/C18H14ClN5O/c1-25-15-7-5-14(6-8-15)24-18-16(10-22-24)17(20-11-21-18)23-13-4-2-3-12(19)9-13/h2-11H,1H3,(H,20,21,23). The minimum absolute atomic E-state index is 0.657. The number of hydrogen-bond donors (Lipinski definition) is 1. The van der Waals surface area contributed by atoms with Crippen LogP contribution in [0, 0.1) is 0 Å². The Bertz CT molecular complexity index is 1030. The maximum absolute atomic E-state index is 6.04. The third-order valence-corrected chi connectivity index (χ3v) is 4.01. The third kappa shape index (κ3) is 2.99. The van der Waals surface area contributed by atoms with Crippen LogP contribution < -0.4 is 10.1 Å². The van der Waals surface area contributed by atoms with Gasteiger partial charge in [-0.1, -0.05) is 17.7 Å². The molecule has 0 aliphatic rings. The van der Waals surface area contributed by atoms with E-state index in [2.05, 4.69) is 20.4 Å².